The zero-order chi connectivity index (χ0) is 20.3. The number of fused-ring (bicyclic) bond motifs is 1. The van der Waals surface area contributed by atoms with Gasteiger partial charge in [0.25, 0.3) is 5.91 Å². The molecule has 0 bridgehead atoms. The zero-order valence-corrected chi connectivity index (χ0v) is 16.3. The minimum Gasteiger partial charge on any atom is -0.346 e. The monoisotopic (exact) mass is 374 g/mol. The molecular formula is C21H22N6O. The first kappa shape index (κ1) is 19.1. The van der Waals surface area contributed by atoms with Gasteiger partial charge in [0.05, 0.1) is 5.39 Å². The van der Waals surface area contributed by atoms with Gasteiger partial charge in [0.15, 0.2) is 0 Å². The molecule has 0 aliphatic rings. The number of carbonyl (C=O) groups is 1. The Morgan fingerprint density at radius 2 is 1.89 bits per heavy atom. The second-order valence-electron chi connectivity index (χ2n) is 6.86. The van der Waals surface area contributed by atoms with Gasteiger partial charge in [0.1, 0.15) is 29.4 Å². The molecule has 0 aliphatic heterocycles. The average Bonchev–Trinajstić information content (AvgIpc) is 3.16. The van der Waals surface area contributed by atoms with Crippen LogP contribution in [0.1, 0.15) is 19.4 Å². The maximum absolute atomic E-state index is 12.0. The van der Waals surface area contributed by atoms with Crippen LogP contribution in [0, 0.1) is 11.3 Å². The summed E-state index contributed by atoms with van der Waals surface area (Å²) in [6, 6.07) is 11.8. The molecule has 0 fully saturated rings. The lowest BCUT2D eigenvalue weighted by molar-refractivity contribution is -0.124. The summed E-state index contributed by atoms with van der Waals surface area (Å²) >= 11 is 0. The zero-order valence-electron chi connectivity index (χ0n) is 16.3. The van der Waals surface area contributed by atoms with Crippen molar-refractivity contribution in [2.45, 2.75) is 19.9 Å². The highest BCUT2D eigenvalue weighted by molar-refractivity contribution is 6.01. The van der Waals surface area contributed by atoms with E-state index in [2.05, 4.69) is 33.7 Å². The largest absolute Gasteiger partial charge is 0.346 e. The molecular weight excluding hydrogens is 352 g/mol. The minimum atomic E-state index is -0.314. The van der Waals surface area contributed by atoms with E-state index in [-0.39, 0.29) is 17.5 Å². The Balaban J connectivity index is 1.98. The van der Waals surface area contributed by atoms with Crippen molar-refractivity contribution in [3.8, 4) is 6.07 Å². The van der Waals surface area contributed by atoms with Gasteiger partial charge in [-0.3, -0.25) is 4.79 Å². The van der Waals surface area contributed by atoms with E-state index in [1.165, 1.54) is 4.90 Å². The van der Waals surface area contributed by atoms with Gasteiger partial charge >= 0.3 is 0 Å². The number of nitrogens with one attached hydrogen (secondary N) is 1. The predicted octanol–water partition coefficient (Wildman–Crippen LogP) is 3.50. The van der Waals surface area contributed by atoms with Crippen molar-refractivity contribution in [1.82, 2.24) is 19.9 Å². The van der Waals surface area contributed by atoms with E-state index >= 15 is 0 Å². The van der Waals surface area contributed by atoms with Gasteiger partial charge in [-0.05, 0) is 43.7 Å². The fourth-order valence-corrected chi connectivity index (χ4v) is 3.00. The first-order valence-electron chi connectivity index (χ1n) is 8.93. The number of hydrogen-bond acceptors (Lipinski definition) is 5. The highest BCUT2D eigenvalue weighted by Gasteiger charge is 2.18. The molecule has 28 heavy (non-hydrogen) atoms. The van der Waals surface area contributed by atoms with Crippen molar-refractivity contribution >= 4 is 34.5 Å². The molecule has 1 aromatic carbocycles. The fraction of sp³-hybridized carbons (Fsp3) is 0.238. The third-order valence-corrected chi connectivity index (χ3v) is 4.32. The number of H-pyrrole nitrogens is 1. The molecule has 2 heterocycles. The van der Waals surface area contributed by atoms with Gasteiger partial charge in [-0.1, -0.05) is 12.1 Å². The first-order valence-corrected chi connectivity index (χ1v) is 8.93. The number of carbonyl (C=O) groups excluding carboxylic acids is 1. The smallest absolute Gasteiger partial charge is 0.264 e. The van der Waals surface area contributed by atoms with Crippen LogP contribution in [-0.4, -0.2) is 45.9 Å². The number of anilines is 2. The molecule has 1 N–H and O–H groups in total. The summed E-state index contributed by atoms with van der Waals surface area (Å²) < 4.78 is 0. The van der Waals surface area contributed by atoms with Crippen molar-refractivity contribution in [1.29, 1.82) is 5.26 Å². The van der Waals surface area contributed by atoms with Gasteiger partial charge in [-0.15, -0.1) is 0 Å². The lowest BCUT2D eigenvalue weighted by Gasteiger charge is -2.28. The summed E-state index contributed by atoms with van der Waals surface area (Å²) in [6.07, 6.45) is 4.99. The molecule has 7 nitrogen and oxygen atoms in total. The Labute approximate surface area is 163 Å². The third kappa shape index (κ3) is 3.71. The Morgan fingerprint density at radius 3 is 2.50 bits per heavy atom. The van der Waals surface area contributed by atoms with Crippen LogP contribution in [0.4, 0.5) is 11.5 Å². The highest BCUT2D eigenvalue weighted by Crippen LogP contribution is 2.31. The standard InChI is InChI=1S/C21H22N6O/c1-14(2)27(20-18-9-10-23-19(18)24-13-25-20)17-7-5-15(6-8-17)11-16(12-22)21(28)26(3)4/h5-11,13-14H,1-4H3,(H,23,24,25)/b16-11+. The van der Waals surface area contributed by atoms with Gasteiger partial charge in [0.2, 0.25) is 0 Å². The van der Waals surface area contributed by atoms with E-state index in [0.29, 0.717) is 0 Å². The molecule has 3 aromatic rings. The number of amides is 1. The fourth-order valence-electron chi connectivity index (χ4n) is 3.00. The van der Waals surface area contributed by atoms with Gasteiger partial charge in [-0.25, -0.2) is 9.97 Å². The van der Waals surface area contributed by atoms with Gasteiger partial charge in [-0.2, -0.15) is 5.26 Å². The molecule has 2 aromatic heterocycles. The number of hydrogen-bond donors (Lipinski definition) is 1. The molecule has 0 atom stereocenters. The number of nitriles is 1. The van der Waals surface area contributed by atoms with Gasteiger partial charge < -0.3 is 14.8 Å². The van der Waals surface area contributed by atoms with Crippen molar-refractivity contribution in [3.63, 3.8) is 0 Å². The Morgan fingerprint density at radius 1 is 1.18 bits per heavy atom. The van der Waals surface area contributed by atoms with E-state index < -0.39 is 0 Å². The number of benzene rings is 1. The quantitative estimate of drug-likeness (QED) is 0.545. The lowest BCUT2D eigenvalue weighted by atomic mass is 10.1. The summed E-state index contributed by atoms with van der Waals surface area (Å²) in [6.45, 7) is 4.19. The number of aromatic nitrogens is 3. The normalized spacial score (nSPS) is 11.5. The number of nitrogens with zero attached hydrogens (tertiary/aromatic N) is 5. The Bertz CT molecular complexity index is 1060. The Kier molecular flexibility index (Phi) is 5.41. The molecule has 0 unspecified atom stereocenters. The maximum Gasteiger partial charge on any atom is 0.264 e. The first-order chi connectivity index (χ1) is 13.4. The lowest BCUT2D eigenvalue weighted by Crippen LogP contribution is -2.26. The van der Waals surface area contributed by atoms with Crippen LogP contribution in [0.2, 0.25) is 0 Å². The average molecular weight is 374 g/mol. The van der Waals surface area contributed by atoms with Crippen molar-refractivity contribution in [2.24, 2.45) is 0 Å². The summed E-state index contributed by atoms with van der Waals surface area (Å²) in [5.41, 5.74) is 2.64. The predicted molar refractivity (Wildman–Crippen MR) is 110 cm³/mol. The van der Waals surface area contributed by atoms with Crippen molar-refractivity contribution < 1.29 is 4.79 Å². The molecule has 0 aliphatic carbocycles. The summed E-state index contributed by atoms with van der Waals surface area (Å²) in [5.74, 6) is 0.510. The van der Waals surface area contributed by atoms with E-state index in [9.17, 15) is 10.1 Å². The van der Waals surface area contributed by atoms with Gasteiger partial charge in [0, 0.05) is 32.0 Å². The van der Waals surface area contributed by atoms with Crippen LogP contribution in [0.3, 0.4) is 0 Å². The number of likely N-dealkylation sites (N-methyl/N-ethyl adjacent to an activating group) is 1. The number of aromatic amines is 1. The molecule has 0 saturated carbocycles. The van der Waals surface area contributed by atoms with Crippen LogP contribution in [0.5, 0.6) is 0 Å². The number of rotatable bonds is 5. The van der Waals surface area contributed by atoms with Crippen molar-refractivity contribution in [3.05, 3.63) is 54.0 Å². The van der Waals surface area contributed by atoms with Crippen molar-refractivity contribution in [2.75, 3.05) is 19.0 Å². The van der Waals surface area contributed by atoms with E-state index in [1.54, 1.807) is 26.5 Å². The van der Waals surface area contributed by atoms with Crippen LogP contribution in [-0.2, 0) is 4.79 Å². The summed E-state index contributed by atoms with van der Waals surface area (Å²) in [7, 11) is 3.25. The van der Waals surface area contributed by atoms with E-state index in [0.717, 1.165) is 28.1 Å². The molecule has 0 saturated heterocycles. The maximum atomic E-state index is 12.0. The van der Waals surface area contributed by atoms with E-state index in [4.69, 9.17) is 0 Å². The Hall–Kier alpha value is -3.66. The second kappa shape index (κ2) is 7.92. The molecule has 0 spiro atoms. The third-order valence-electron chi connectivity index (χ3n) is 4.32. The summed E-state index contributed by atoms with van der Waals surface area (Å²) in [5, 5.41) is 10.2. The molecule has 1 amide bonds. The van der Waals surface area contributed by atoms with Crippen LogP contribution < -0.4 is 4.90 Å². The molecule has 3 rings (SSSR count). The van der Waals surface area contributed by atoms with Crippen LogP contribution in [0.15, 0.2) is 48.4 Å². The molecule has 0 radical (unpaired) electrons. The summed E-state index contributed by atoms with van der Waals surface area (Å²) in [4.78, 5) is 27.4. The minimum absolute atomic E-state index is 0.100. The second-order valence-corrected chi connectivity index (χ2v) is 6.86. The van der Waals surface area contributed by atoms with Crippen LogP contribution >= 0.6 is 0 Å². The topological polar surface area (TPSA) is 88.9 Å². The van der Waals surface area contributed by atoms with E-state index in [1.807, 2.05) is 42.6 Å². The molecule has 142 valence electrons. The highest BCUT2D eigenvalue weighted by atomic mass is 16.2. The van der Waals surface area contributed by atoms with Crippen LogP contribution in [0.25, 0.3) is 17.1 Å². The molecule has 7 heteroatoms. The SMILES string of the molecule is CC(C)N(c1ccc(/C=C(\C#N)C(=O)N(C)C)cc1)c1ncnc2[nH]ccc12.